The Balaban J connectivity index is 0.000000183. The van der Waals surface area contributed by atoms with Crippen LogP contribution in [0.4, 0.5) is 26.3 Å². The third-order valence-corrected chi connectivity index (χ3v) is 13.0. The highest BCUT2D eigenvalue weighted by molar-refractivity contribution is 14.1. The van der Waals surface area contributed by atoms with Crippen LogP contribution in [0.25, 0.3) is 43.6 Å². The van der Waals surface area contributed by atoms with Crippen LogP contribution in [-0.4, -0.2) is 50.2 Å². The Kier molecular flexibility index (Phi) is 14.6. The van der Waals surface area contributed by atoms with Crippen LogP contribution in [0.5, 0.6) is 23.0 Å². The summed E-state index contributed by atoms with van der Waals surface area (Å²) in [5.74, 6) is 0.256. The van der Waals surface area contributed by atoms with Crippen molar-refractivity contribution in [2.24, 2.45) is 0 Å². The van der Waals surface area contributed by atoms with Gasteiger partial charge in [0.15, 0.2) is 0 Å². The van der Waals surface area contributed by atoms with Gasteiger partial charge >= 0.3 is 12.4 Å². The molecule has 10 nitrogen and oxygen atoms in total. The predicted molar refractivity (Wildman–Crippen MR) is 275 cm³/mol. The summed E-state index contributed by atoms with van der Waals surface area (Å²) in [4.78, 5) is 21.2. The van der Waals surface area contributed by atoms with Gasteiger partial charge in [0.2, 0.25) is 0 Å². The number of hydrogen-bond acceptors (Lipinski definition) is 10. The first kappa shape index (κ1) is 50.3. The van der Waals surface area contributed by atoms with Crippen LogP contribution in [0.3, 0.4) is 0 Å². The van der Waals surface area contributed by atoms with Crippen molar-refractivity contribution in [1.29, 1.82) is 0 Å². The number of nitrogens with zero attached hydrogens (tertiary/aromatic N) is 6. The summed E-state index contributed by atoms with van der Waals surface area (Å²) in [6.07, 6.45) is -3.55. The van der Waals surface area contributed by atoms with Gasteiger partial charge in [-0.05, 0) is 135 Å². The maximum absolute atomic E-state index is 13.5. The predicted octanol–water partition coefficient (Wildman–Crippen LogP) is 13.4. The monoisotopic (exact) mass is 1100 g/mol. The highest BCUT2D eigenvalue weighted by Crippen LogP contribution is 2.38. The second kappa shape index (κ2) is 21.2. The lowest BCUT2D eigenvalue weighted by atomic mass is 10.0. The second-order valence-electron chi connectivity index (χ2n) is 17.4. The third kappa shape index (κ3) is 11.7. The maximum Gasteiger partial charge on any atom is 0.416 e. The largest absolute Gasteiger partial charge is 0.506 e. The quantitative estimate of drug-likeness (QED) is 0.0691. The number of rotatable bonds is 12. The highest BCUT2D eigenvalue weighted by Gasteiger charge is 2.37. The molecule has 0 atom stereocenters. The van der Waals surface area contributed by atoms with E-state index in [1.54, 1.807) is 65.8 Å². The summed E-state index contributed by atoms with van der Waals surface area (Å²) in [7, 11) is 0. The van der Waals surface area contributed by atoms with Gasteiger partial charge in [-0.1, -0.05) is 60.7 Å². The maximum atomic E-state index is 13.5. The average molecular weight is 1100 g/mol. The summed E-state index contributed by atoms with van der Waals surface area (Å²) in [6.45, 7) is 2.04. The Labute approximate surface area is 427 Å². The number of benzene rings is 6. The van der Waals surface area contributed by atoms with Crippen LogP contribution in [0.1, 0.15) is 44.5 Å². The minimum absolute atomic E-state index is 0.0609. The van der Waals surface area contributed by atoms with Gasteiger partial charge in [-0.25, -0.2) is 0 Å². The number of phenolic OH excluding ortho intramolecular Hbond substituents is 4. The first-order valence-corrected chi connectivity index (χ1v) is 23.8. The minimum Gasteiger partial charge on any atom is -0.506 e. The Morgan fingerprint density at radius 2 is 0.699 bits per heavy atom. The van der Waals surface area contributed by atoms with Crippen LogP contribution in [0.15, 0.2) is 164 Å². The van der Waals surface area contributed by atoms with E-state index in [9.17, 15) is 46.8 Å². The van der Waals surface area contributed by atoms with Crippen LogP contribution in [0.2, 0.25) is 0 Å². The van der Waals surface area contributed by atoms with Crippen molar-refractivity contribution in [3.05, 3.63) is 212 Å². The molecular weight excluding hydrogens is 1060 g/mol. The molecule has 17 heteroatoms. The summed E-state index contributed by atoms with van der Waals surface area (Å²) < 4.78 is 82.5. The summed E-state index contributed by atoms with van der Waals surface area (Å²) in [5, 5.41) is 44.1. The number of fused-ring (bicyclic) bond motifs is 4. The molecule has 10 aromatic rings. The average Bonchev–Trinajstić information content (AvgIpc) is 3.37. The summed E-state index contributed by atoms with van der Waals surface area (Å²) in [5.41, 5.74) is 3.64. The zero-order chi connectivity index (χ0) is 51.4. The van der Waals surface area contributed by atoms with Gasteiger partial charge in [-0.3, -0.25) is 29.7 Å². The van der Waals surface area contributed by atoms with E-state index in [0.717, 1.165) is 40.6 Å². The van der Waals surface area contributed by atoms with E-state index in [2.05, 4.69) is 71.7 Å². The molecule has 0 saturated carbocycles. The van der Waals surface area contributed by atoms with E-state index < -0.39 is 23.5 Å². The molecule has 0 aliphatic carbocycles. The Bertz CT molecular complexity index is 3430. The SMILES string of the molecule is Oc1ccc(CN(Cc2cc(C(F)(F)F)cc(C(F)(F)F)c2)Cc2ccc(O)c3ncccc23)c2cccnc12.Oc1ccc(CN(Cc2cccc(I)c2)Cc2ccc(O)c3ncccc23)c2cccnc12. The van der Waals surface area contributed by atoms with Gasteiger partial charge in [-0.2, -0.15) is 26.3 Å². The molecule has 0 aliphatic heterocycles. The Morgan fingerprint density at radius 3 is 1.01 bits per heavy atom. The Morgan fingerprint density at radius 1 is 0.370 bits per heavy atom. The van der Waals surface area contributed by atoms with Gasteiger partial charge in [0.05, 0.1) is 11.1 Å². The van der Waals surface area contributed by atoms with Crippen LogP contribution in [0, 0.1) is 3.57 Å². The number of alkyl halides is 6. The summed E-state index contributed by atoms with van der Waals surface area (Å²) in [6, 6.07) is 38.1. The molecule has 0 aliphatic rings. The lowest BCUT2D eigenvalue weighted by Gasteiger charge is -2.25. The molecular formula is C56H43F6IN6O4. The van der Waals surface area contributed by atoms with Crippen molar-refractivity contribution in [1.82, 2.24) is 29.7 Å². The molecule has 0 saturated heterocycles. The van der Waals surface area contributed by atoms with Crippen molar-refractivity contribution in [2.75, 3.05) is 0 Å². The van der Waals surface area contributed by atoms with E-state index in [-0.39, 0.29) is 54.3 Å². The molecule has 0 radical (unpaired) electrons. The molecule has 4 heterocycles. The van der Waals surface area contributed by atoms with Crippen molar-refractivity contribution >= 4 is 66.2 Å². The summed E-state index contributed by atoms with van der Waals surface area (Å²) >= 11 is 2.34. The number of pyridine rings is 4. The second-order valence-corrected chi connectivity index (χ2v) is 18.7. The number of hydrogen-bond donors (Lipinski definition) is 4. The fourth-order valence-corrected chi connectivity index (χ4v) is 9.59. The van der Waals surface area contributed by atoms with E-state index in [1.165, 1.54) is 33.7 Å². The zero-order valence-corrected chi connectivity index (χ0v) is 40.6. The minimum atomic E-state index is -4.97. The van der Waals surface area contributed by atoms with Gasteiger partial charge in [0, 0.05) is 89.2 Å². The molecule has 6 aromatic carbocycles. The number of aromatic nitrogens is 4. The Hall–Kier alpha value is -7.61. The molecule has 10 rings (SSSR count). The fraction of sp³-hybridized carbons (Fsp3) is 0.143. The molecule has 4 aromatic heterocycles. The highest BCUT2D eigenvalue weighted by atomic mass is 127. The van der Waals surface area contributed by atoms with E-state index in [0.29, 0.717) is 57.1 Å². The van der Waals surface area contributed by atoms with E-state index in [4.69, 9.17) is 0 Å². The molecule has 0 amide bonds. The smallest absolute Gasteiger partial charge is 0.416 e. The molecule has 370 valence electrons. The number of aromatic hydroxyl groups is 4. The third-order valence-electron chi connectivity index (χ3n) is 12.3. The van der Waals surface area contributed by atoms with Crippen molar-refractivity contribution in [3.8, 4) is 23.0 Å². The normalized spacial score (nSPS) is 12.0. The molecule has 0 bridgehead atoms. The first-order chi connectivity index (χ1) is 35.0. The van der Waals surface area contributed by atoms with Crippen LogP contribution >= 0.6 is 22.6 Å². The molecule has 73 heavy (non-hydrogen) atoms. The number of phenols is 4. The first-order valence-electron chi connectivity index (χ1n) is 22.7. The van der Waals surface area contributed by atoms with Gasteiger partial charge < -0.3 is 20.4 Å². The molecule has 0 unspecified atom stereocenters. The lowest BCUT2D eigenvalue weighted by Crippen LogP contribution is -2.23. The zero-order valence-electron chi connectivity index (χ0n) is 38.4. The number of halogens is 7. The lowest BCUT2D eigenvalue weighted by molar-refractivity contribution is -0.143. The fourth-order valence-electron chi connectivity index (χ4n) is 8.98. The molecule has 0 fully saturated rings. The molecule has 0 spiro atoms. The van der Waals surface area contributed by atoms with Gasteiger partial charge in [-0.15, -0.1) is 0 Å². The topological polar surface area (TPSA) is 139 Å². The van der Waals surface area contributed by atoms with Gasteiger partial charge in [0.25, 0.3) is 0 Å². The van der Waals surface area contributed by atoms with Gasteiger partial charge in [0.1, 0.15) is 45.1 Å². The van der Waals surface area contributed by atoms with Crippen molar-refractivity contribution < 1.29 is 46.8 Å². The van der Waals surface area contributed by atoms with Crippen molar-refractivity contribution in [3.63, 3.8) is 0 Å². The van der Waals surface area contributed by atoms with Crippen LogP contribution in [-0.2, 0) is 51.6 Å². The van der Waals surface area contributed by atoms with Crippen LogP contribution < -0.4 is 0 Å². The van der Waals surface area contributed by atoms with E-state index >= 15 is 0 Å². The van der Waals surface area contributed by atoms with E-state index in [1.807, 2.05) is 36.4 Å². The van der Waals surface area contributed by atoms with Crippen molar-refractivity contribution in [2.45, 2.75) is 51.6 Å². The standard InChI is InChI=1S/C29H21F6N3O2.C27H22IN3O2/c30-28(31,32)20-11-17(12-21(13-20)29(33,34)35)14-38(15-18-5-7-24(39)26-22(18)3-1-9-36-26)16-19-6-8-25(40)27-23(19)4-2-10-37-27;28-21-5-1-4-18(14-21)15-31(16-19-8-10-24(32)26-22(19)6-2-12-29-26)17-20-9-11-25(33)27-23(20)7-3-13-30-27/h1-13,39-40H,14-16H2;1-14,32-33H,15-17H2. The molecule has 4 N–H and O–H groups in total.